The van der Waals surface area contributed by atoms with E-state index >= 15 is 0 Å². The number of amides is 1. The third-order valence-electron chi connectivity index (χ3n) is 5.29. The number of rotatable bonds is 5. The molecule has 0 bridgehead atoms. The van der Waals surface area contributed by atoms with Crippen LogP contribution >= 0.6 is 11.3 Å². The number of anilines is 1. The Labute approximate surface area is 157 Å². The van der Waals surface area contributed by atoms with Crippen LogP contribution in [-0.4, -0.2) is 46.2 Å². The fourth-order valence-electron chi connectivity index (χ4n) is 3.63. The summed E-state index contributed by atoms with van der Waals surface area (Å²) in [6.07, 6.45) is 4.93. The summed E-state index contributed by atoms with van der Waals surface area (Å²) in [5, 5.41) is 12.8. The van der Waals surface area contributed by atoms with Gasteiger partial charge in [0.15, 0.2) is 0 Å². The Morgan fingerprint density at radius 1 is 1.38 bits per heavy atom. The van der Waals surface area contributed by atoms with Crippen molar-refractivity contribution in [3.63, 3.8) is 0 Å². The number of aryl methyl sites for hydroxylation is 1. The van der Waals surface area contributed by atoms with E-state index in [1.807, 2.05) is 18.2 Å². The standard InChI is InChI=1S/C19H24N4O2S/c1-2-15-3-4-17(26-15)19(25)22-13-7-12(8-13)16-9-18(21-11-20-16)23-6-5-14(24)10-23/h3-4,9,11-14,24H,2,5-8,10H2,1H3,(H,22,25)/t12?,13?,14-/m0/s1. The highest BCUT2D eigenvalue weighted by Crippen LogP contribution is 2.37. The molecule has 4 rings (SSSR count). The number of aliphatic hydroxyl groups excluding tert-OH is 1. The van der Waals surface area contributed by atoms with Crippen molar-refractivity contribution >= 4 is 23.1 Å². The lowest BCUT2D eigenvalue weighted by molar-refractivity contribution is 0.0912. The number of thiophene rings is 1. The topological polar surface area (TPSA) is 78.4 Å². The first-order chi connectivity index (χ1) is 12.6. The molecule has 0 unspecified atom stereocenters. The van der Waals surface area contributed by atoms with Gasteiger partial charge in [0.1, 0.15) is 12.1 Å². The van der Waals surface area contributed by atoms with Gasteiger partial charge in [0, 0.05) is 41.7 Å². The number of hydrogen-bond acceptors (Lipinski definition) is 6. The summed E-state index contributed by atoms with van der Waals surface area (Å²) in [6.45, 7) is 3.57. The van der Waals surface area contributed by atoms with Crippen molar-refractivity contribution in [3.05, 3.63) is 40.0 Å². The Bertz CT molecular complexity index is 787. The molecule has 7 heteroatoms. The van der Waals surface area contributed by atoms with Gasteiger partial charge < -0.3 is 15.3 Å². The van der Waals surface area contributed by atoms with Gasteiger partial charge in [-0.25, -0.2) is 9.97 Å². The second-order valence-electron chi connectivity index (χ2n) is 7.15. The highest BCUT2D eigenvalue weighted by Gasteiger charge is 2.33. The maximum absolute atomic E-state index is 12.3. The van der Waals surface area contributed by atoms with Crippen molar-refractivity contribution in [2.45, 2.75) is 50.7 Å². The van der Waals surface area contributed by atoms with E-state index in [1.165, 1.54) is 4.88 Å². The molecule has 138 valence electrons. The van der Waals surface area contributed by atoms with Gasteiger partial charge in [-0.05, 0) is 37.8 Å². The number of aliphatic hydroxyl groups is 1. The molecule has 3 heterocycles. The molecule has 2 aromatic rings. The molecule has 1 aliphatic heterocycles. The quantitative estimate of drug-likeness (QED) is 0.842. The number of aromatic nitrogens is 2. The summed E-state index contributed by atoms with van der Waals surface area (Å²) in [6, 6.07) is 6.19. The van der Waals surface area contributed by atoms with Gasteiger partial charge in [-0.2, -0.15) is 0 Å². The van der Waals surface area contributed by atoms with Gasteiger partial charge in [-0.15, -0.1) is 11.3 Å². The summed E-state index contributed by atoms with van der Waals surface area (Å²) < 4.78 is 0. The van der Waals surface area contributed by atoms with E-state index in [1.54, 1.807) is 17.7 Å². The molecule has 6 nitrogen and oxygen atoms in total. The first-order valence-electron chi connectivity index (χ1n) is 9.27. The molecule has 1 saturated heterocycles. The smallest absolute Gasteiger partial charge is 0.261 e. The van der Waals surface area contributed by atoms with Gasteiger partial charge in [-0.3, -0.25) is 4.79 Å². The lowest BCUT2D eigenvalue weighted by Gasteiger charge is -2.35. The molecular formula is C19H24N4O2S. The van der Waals surface area contributed by atoms with E-state index < -0.39 is 0 Å². The van der Waals surface area contributed by atoms with Gasteiger partial charge >= 0.3 is 0 Å². The van der Waals surface area contributed by atoms with Gasteiger partial charge in [-0.1, -0.05) is 6.92 Å². The summed E-state index contributed by atoms with van der Waals surface area (Å²) in [4.78, 5) is 25.2. The van der Waals surface area contributed by atoms with Crippen LogP contribution in [0.25, 0.3) is 0 Å². The number of β-amino-alcohol motifs (C(OH)–C–C–N with tert-alkyl or cyclic N) is 1. The summed E-state index contributed by atoms with van der Waals surface area (Å²) >= 11 is 1.57. The molecule has 2 fully saturated rings. The average molecular weight is 372 g/mol. The summed E-state index contributed by atoms with van der Waals surface area (Å²) in [5.41, 5.74) is 1.03. The summed E-state index contributed by atoms with van der Waals surface area (Å²) in [7, 11) is 0. The van der Waals surface area contributed by atoms with Crippen LogP contribution in [-0.2, 0) is 6.42 Å². The molecule has 2 aromatic heterocycles. The maximum Gasteiger partial charge on any atom is 0.261 e. The molecule has 2 N–H and O–H groups in total. The number of carbonyl (C=O) groups is 1. The predicted molar refractivity (Wildman–Crippen MR) is 102 cm³/mol. The van der Waals surface area contributed by atoms with Crippen LogP contribution in [0.5, 0.6) is 0 Å². The Balaban J connectivity index is 1.32. The summed E-state index contributed by atoms with van der Waals surface area (Å²) in [5.74, 6) is 1.29. The number of hydrogen-bond donors (Lipinski definition) is 2. The van der Waals surface area contributed by atoms with Crippen LogP contribution in [0.2, 0.25) is 0 Å². The molecule has 1 atom stereocenters. The number of carbonyl (C=O) groups excluding carboxylic acids is 1. The largest absolute Gasteiger partial charge is 0.391 e. The van der Waals surface area contributed by atoms with E-state index in [2.05, 4.69) is 27.1 Å². The van der Waals surface area contributed by atoms with Crippen LogP contribution in [0.15, 0.2) is 24.5 Å². The molecule has 0 spiro atoms. The Morgan fingerprint density at radius 3 is 2.92 bits per heavy atom. The molecule has 26 heavy (non-hydrogen) atoms. The lowest BCUT2D eigenvalue weighted by Crippen LogP contribution is -2.43. The lowest BCUT2D eigenvalue weighted by atomic mass is 9.78. The van der Waals surface area contributed by atoms with E-state index in [9.17, 15) is 9.90 Å². The van der Waals surface area contributed by atoms with Gasteiger partial charge in [0.2, 0.25) is 0 Å². The van der Waals surface area contributed by atoms with Crippen LogP contribution in [0.3, 0.4) is 0 Å². The van der Waals surface area contributed by atoms with Crippen molar-refractivity contribution in [1.82, 2.24) is 15.3 Å². The molecule has 1 saturated carbocycles. The second kappa shape index (κ2) is 7.32. The normalized spacial score (nSPS) is 25.2. The molecule has 1 amide bonds. The first-order valence-corrected chi connectivity index (χ1v) is 10.1. The Hall–Kier alpha value is -1.99. The average Bonchev–Trinajstić information content (AvgIpc) is 3.26. The molecule has 1 aliphatic carbocycles. The van der Waals surface area contributed by atoms with Crippen molar-refractivity contribution in [2.24, 2.45) is 0 Å². The van der Waals surface area contributed by atoms with E-state index in [4.69, 9.17) is 0 Å². The molecule has 0 aromatic carbocycles. The fraction of sp³-hybridized carbons (Fsp3) is 0.526. The highest BCUT2D eigenvalue weighted by molar-refractivity contribution is 7.14. The van der Waals surface area contributed by atoms with E-state index in [0.717, 1.165) is 48.6 Å². The Morgan fingerprint density at radius 2 is 2.23 bits per heavy atom. The van der Waals surface area contributed by atoms with Crippen molar-refractivity contribution in [1.29, 1.82) is 0 Å². The van der Waals surface area contributed by atoms with Crippen molar-refractivity contribution < 1.29 is 9.90 Å². The van der Waals surface area contributed by atoms with Crippen LogP contribution in [0.4, 0.5) is 5.82 Å². The van der Waals surface area contributed by atoms with Crippen molar-refractivity contribution in [3.8, 4) is 0 Å². The maximum atomic E-state index is 12.3. The predicted octanol–water partition coefficient (Wildman–Crippen LogP) is 2.35. The molecule has 0 radical (unpaired) electrons. The number of nitrogens with one attached hydrogen (secondary N) is 1. The first kappa shape index (κ1) is 17.4. The SMILES string of the molecule is CCc1ccc(C(=O)NC2CC(c3cc(N4CC[C@H](O)C4)ncn3)C2)s1. The monoisotopic (exact) mass is 372 g/mol. The zero-order valence-electron chi connectivity index (χ0n) is 14.9. The molecule has 2 aliphatic rings. The number of nitrogens with zero attached hydrogens (tertiary/aromatic N) is 3. The minimum absolute atomic E-state index is 0.0348. The van der Waals surface area contributed by atoms with Crippen LogP contribution in [0, 0.1) is 0 Å². The van der Waals surface area contributed by atoms with E-state index in [-0.39, 0.29) is 18.1 Å². The van der Waals surface area contributed by atoms with Gasteiger partial charge in [0.25, 0.3) is 5.91 Å². The van der Waals surface area contributed by atoms with Crippen molar-refractivity contribution in [2.75, 3.05) is 18.0 Å². The minimum Gasteiger partial charge on any atom is -0.391 e. The zero-order valence-corrected chi connectivity index (χ0v) is 15.7. The van der Waals surface area contributed by atoms with Crippen LogP contribution < -0.4 is 10.2 Å². The van der Waals surface area contributed by atoms with E-state index in [0.29, 0.717) is 12.5 Å². The van der Waals surface area contributed by atoms with Crippen LogP contribution in [0.1, 0.15) is 52.3 Å². The third-order valence-corrected chi connectivity index (χ3v) is 6.51. The highest BCUT2D eigenvalue weighted by atomic mass is 32.1. The Kier molecular flexibility index (Phi) is 4.91. The fourth-order valence-corrected chi connectivity index (χ4v) is 4.48. The second-order valence-corrected chi connectivity index (χ2v) is 8.32. The molecular weight excluding hydrogens is 348 g/mol. The van der Waals surface area contributed by atoms with Gasteiger partial charge in [0.05, 0.1) is 11.0 Å². The zero-order chi connectivity index (χ0) is 18.1. The minimum atomic E-state index is -0.262. The third kappa shape index (κ3) is 3.59.